The number of hydrogen-bond donors (Lipinski definition) is 2. The number of likely N-dealkylation sites (tertiary alicyclic amines) is 1. The number of fused-ring (bicyclic) bond motifs is 1. The van der Waals surface area contributed by atoms with E-state index in [1.54, 1.807) is 0 Å². The van der Waals surface area contributed by atoms with Crippen molar-refractivity contribution in [2.75, 3.05) is 38.0 Å². The fourth-order valence-corrected chi connectivity index (χ4v) is 4.21. The molecule has 0 aromatic heterocycles. The summed E-state index contributed by atoms with van der Waals surface area (Å²) in [5, 5.41) is 6.38. The van der Waals surface area contributed by atoms with Crippen LogP contribution in [0.15, 0.2) is 27.1 Å². The first-order valence-electron chi connectivity index (χ1n) is 6.80. The maximum atomic E-state index is 12.1. The lowest BCUT2D eigenvalue weighted by Gasteiger charge is -2.16. The molecule has 6 heteroatoms. The number of rotatable bonds is 3. The first kappa shape index (κ1) is 14.5. The Balaban J connectivity index is 1.55. The van der Waals surface area contributed by atoms with E-state index >= 15 is 0 Å². The van der Waals surface area contributed by atoms with Gasteiger partial charge in [0.1, 0.15) is 0 Å². The molecule has 0 bridgehead atoms. The van der Waals surface area contributed by atoms with E-state index in [9.17, 15) is 4.79 Å². The van der Waals surface area contributed by atoms with Crippen LogP contribution in [-0.2, 0) is 4.79 Å². The summed E-state index contributed by atoms with van der Waals surface area (Å²) in [6, 6.07) is 5.75. The lowest BCUT2D eigenvalue weighted by atomic mass is 10.0. The fourth-order valence-electron chi connectivity index (χ4n) is 3.07. The van der Waals surface area contributed by atoms with Crippen LogP contribution < -0.4 is 10.6 Å². The summed E-state index contributed by atoms with van der Waals surface area (Å²) in [6.45, 7) is 4.75. The van der Waals surface area contributed by atoms with Crippen molar-refractivity contribution in [2.45, 2.75) is 0 Å². The molecule has 0 aliphatic carbocycles. The Kier molecular flexibility index (Phi) is 4.45. The molecule has 2 N–H and O–H groups in total. The summed E-state index contributed by atoms with van der Waals surface area (Å²) in [7, 11) is 0. The van der Waals surface area contributed by atoms with Crippen LogP contribution in [-0.4, -0.2) is 43.5 Å². The smallest absolute Gasteiger partial charge is 0.238 e. The van der Waals surface area contributed by atoms with Gasteiger partial charge in [0.15, 0.2) is 0 Å². The van der Waals surface area contributed by atoms with Crippen molar-refractivity contribution in [3.63, 3.8) is 0 Å². The van der Waals surface area contributed by atoms with E-state index in [0.29, 0.717) is 6.54 Å². The van der Waals surface area contributed by atoms with E-state index in [2.05, 4.69) is 47.4 Å². The Labute approximate surface area is 135 Å². The summed E-state index contributed by atoms with van der Waals surface area (Å²) in [5.41, 5.74) is 0.819. The molecule has 0 saturated carbocycles. The van der Waals surface area contributed by atoms with Gasteiger partial charge in [-0.25, -0.2) is 0 Å². The number of halogens is 2. The van der Waals surface area contributed by atoms with E-state index in [1.807, 2.05) is 18.2 Å². The molecule has 3 rings (SSSR count). The van der Waals surface area contributed by atoms with Crippen molar-refractivity contribution in [1.29, 1.82) is 0 Å². The predicted octanol–water partition coefficient (Wildman–Crippen LogP) is 2.30. The van der Waals surface area contributed by atoms with Crippen LogP contribution in [0.25, 0.3) is 0 Å². The highest BCUT2D eigenvalue weighted by Crippen LogP contribution is 2.27. The highest BCUT2D eigenvalue weighted by atomic mass is 79.9. The van der Waals surface area contributed by atoms with Gasteiger partial charge in [-0.05, 0) is 59.1 Å². The third-order valence-electron chi connectivity index (χ3n) is 4.04. The number of anilines is 1. The molecular weight excluding hydrogens is 386 g/mol. The largest absolute Gasteiger partial charge is 0.324 e. The zero-order chi connectivity index (χ0) is 14.1. The minimum atomic E-state index is 0.0564. The monoisotopic (exact) mass is 401 g/mol. The SMILES string of the molecule is O=C(CN1C[C@H]2CNC[C@H]2C1)Nc1ccc(Br)cc1Br. The maximum absolute atomic E-state index is 12.1. The Morgan fingerprint density at radius 2 is 2.00 bits per heavy atom. The van der Waals surface area contributed by atoms with Crippen molar-refractivity contribution >= 4 is 43.5 Å². The highest BCUT2D eigenvalue weighted by molar-refractivity contribution is 9.11. The molecule has 20 heavy (non-hydrogen) atoms. The van der Waals surface area contributed by atoms with E-state index < -0.39 is 0 Å². The number of amides is 1. The third kappa shape index (κ3) is 3.24. The lowest BCUT2D eigenvalue weighted by Crippen LogP contribution is -2.33. The quantitative estimate of drug-likeness (QED) is 0.815. The van der Waals surface area contributed by atoms with Crippen molar-refractivity contribution in [2.24, 2.45) is 11.8 Å². The van der Waals surface area contributed by atoms with Gasteiger partial charge in [-0.1, -0.05) is 15.9 Å². The molecular formula is C14H17Br2N3O. The molecule has 0 spiro atoms. The molecule has 0 radical (unpaired) electrons. The Morgan fingerprint density at radius 3 is 2.65 bits per heavy atom. The van der Waals surface area contributed by atoms with Crippen molar-refractivity contribution < 1.29 is 4.79 Å². The normalized spacial score (nSPS) is 25.7. The maximum Gasteiger partial charge on any atom is 0.238 e. The van der Waals surface area contributed by atoms with Crippen molar-refractivity contribution in [1.82, 2.24) is 10.2 Å². The average molecular weight is 403 g/mol. The highest BCUT2D eigenvalue weighted by Gasteiger charge is 2.36. The Morgan fingerprint density at radius 1 is 1.30 bits per heavy atom. The summed E-state index contributed by atoms with van der Waals surface area (Å²) in [4.78, 5) is 14.4. The van der Waals surface area contributed by atoms with Crippen LogP contribution >= 0.6 is 31.9 Å². The molecule has 2 saturated heterocycles. The third-order valence-corrected chi connectivity index (χ3v) is 5.19. The zero-order valence-corrected chi connectivity index (χ0v) is 14.2. The summed E-state index contributed by atoms with van der Waals surface area (Å²) < 4.78 is 1.88. The van der Waals surface area contributed by atoms with E-state index in [4.69, 9.17) is 0 Å². The zero-order valence-electron chi connectivity index (χ0n) is 11.0. The minimum absolute atomic E-state index is 0.0564. The summed E-state index contributed by atoms with van der Waals surface area (Å²) in [5.74, 6) is 1.50. The molecule has 1 aromatic rings. The molecule has 2 aliphatic heterocycles. The summed E-state index contributed by atoms with van der Waals surface area (Å²) >= 11 is 6.87. The van der Waals surface area contributed by atoms with Gasteiger partial charge in [0.05, 0.1) is 12.2 Å². The van der Waals surface area contributed by atoms with E-state index in [0.717, 1.165) is 52.6 Å². The van der Waals surface area contributed by atoms with Gasteiger partial charge in [-0.2, -0.15) is 0 Å². The summed E-state index contributed by atoms with van der Waals surface area (Å²) in [6.07, 6.45) is 0. The van der Waals surface area contributed by atoms with Crippen molar-refractivity contribution in [3.05, 3.63) is 27.1 Å². The van der Waals surface area contributed by atoms with Crippen LogP contribution in [0.5, 0.6) is 0 Å². The number of nitrogens with one attached hydrogen (secondary N) is 2. The molecule has 1 amide bonds. The average Bonchev–Trinajstić information content (AvgIpc) is 2.93. The second kappa shape index (κ2) is 6.13. The number of carbonyl (C=O) groups excluding carboxylic acids is 1. The van der Waals surface area contributed by atoms with Gasteiger partial charge in [0.2, 0.25) is 5.91 Å². The van der Waals surface area contributed by atoms with Crippen LogP contribution in [0.2, 0.25) is 0 Å². The van der Waals surface area contributed by atoms with Crippen LogP contribution in [0.4, 0.5) is 5.69 Å². The second-order valence-electron chi connectivity index (χ2n) is 5.54. The minimum Gasteiger partial charge on any atom is -0.324 e. The molecule has 2 fully saturated rings. The Hall–Kier alpha value is -0.430. The van der Waals surface area contributed by atoms with Gasteiger partial charge in [0.25, 0.3) is 0 Å². The number of benzene rings is 1. The van der Waals surface area contributed by atoms with E-state index in [1.165, 1.54) is 0 Å². The van der Waals surface area contributed by atoms with Crippen LogP contribution in [0.3, 0.4) is 0 Å². The second-order valence-corrected chi connectivity index (χ2v) is 7.31. The van der Waals surface area contributed by atoms with Crippen LogP contribution in [0.1, 0.15) is 0 Å². The standard InChI is InChI=1S/C14H17Br2N3O/c15-11-1-2-13(12(16)3-11)18-14(20)8-19-6-9-4-17-5-10(9)7-19/h1-3,9-10,17H,4-8H2,(H,18,20)/t9-,10+. The number of carbonyl (C=O) groups is 1. The fraction of sp³-hybridized carbons (Fsp3) is 0.500. The molecule has 2 aliphatic rings. The van der Waals surface area contributed by atoms with Gasteiger partial charge in [-0.15, -0.1) is 0 Å². The first-order valence-corrected chi connectivity index (χ1v) is 8.38. The molecule has 2 atom stereocenters. The number of nitrogens with zero attached hydrogens (tertiary/aromatic N) is 1. The van der Waals surface area contributed by atoms with Gasteiger partial charge in [0, 0.05) is 22.0 Å². The van der Waals surface area contributed by atoms with Crippen LogP contribution in [0, 0.1) is 11.8 Å². The van der Waals surface area contributed by atoms with Gasteiger partial charge >= 0.3 is 0 Å². The molecule has 0 unspecified atom stereocenters. The van der Waals surface area contributed by atoms with Gasteiger partial charge < -0.3 is 10.6 Å². The van der Waals surface area contributed by atoms with E-state index in [-0.39, 0.29) is 5.91 Å². The predicted molar refractivity (Wildman–Crippen MR) is 86.8 cm³/mol. The first-order chi connectivity index (χ1) is 9.61. The van der Waals surface area contributed by atoms with Crippen molar-refractivity contribution in [3.8, 4) is 0 Å². The molecule has 2 heterocycles. The molecule has 108 valence electrons. The topological polar surface area (TPSA) is 44.4 Å². The number of hydrogen-bond acceptors (Lipinski definition) is 3. The molecule has 4 nitrogen and oxygen atoms in total. The molecule has 1 aromatic carbocycles. The van der Waals surface area contributed by atoms with Gasteiger partial charge in [-0.3, -0.25) is 9.69 Å². The Bertz CT molecular complexity index is 511. The lowest BCUT2D eigenvalue weighted by molar-refractivity contribution is -0.117.